The van der Waals surface area contributed by atoms with Crippen LogP contribution >= 0.6 is 0 Å². The van der Waals surface area contributed by atoms with Gasteiger partial charge in [0.05, 0.1) is 6.61 Å². The van der Waals surface area contributed by atoms with Crippen molar-refractivity contribution < 1.29 is 38.7 Å². The van der Waals surface area contributed by atoms with E-state index in [9.17, 15) is 9.90 Å². The van der Waals surface area contributed by atoms with E-state index in [4.69, 9.17) is 28.8 Å². The number of fused-ring (bicyclic) bond motifs is 1. The van der Waals surface area contributed by atoms with Gasteiger partial charge in [-0.3, -0.25) is 5.32 Å². The molecule has 2 atom stereocenters. The Labute approximate surface area is 174 Å². The first-order chi connectivity index (χ1) is 14.6. The van der Waals surface area contributed by atoms with E-state index < -0.39 is 18.3 Å². The van der Waals surface area contributed by atoms with Gasteiger partial charge in [0.25, 0.3) is 0 Å². The number of benzene rings is 2. The van der Waals surface area contributed by atoms with Crippen molar-refractivity contribution in [2.24, 2.45) is 0 Å². The summed E-state index contributed by atoms with van der Waals surface area (Å²) in [7, 11) is 1.48. The second kappa shape index (κ2) is 10.7. The van der Waals surface area contributed by atoms with E-state index in [2.05, 4.69) is 5.32 Å². The van der Waals surface area contributed by atoms with Crippen LogP contribution in [0.1, 0.15) is 18.1 Å². The van der Waals surface area contributed by atoms with Gasteiger partial charge in [0, 0.05) is 31.9 Å². The van der Waals surface area contributed by atoms with Gasteiger partial charge in [0.1, 0.15) is 18.5 Å². The SMILES string of the molecule is CO[C@H](CCO)[C@H](OC(=O)Nc1ccc2c(c1)OCO2)c1cccc(OCCO)c1. The van der Waals surface area contributed by atoms with Crippen molar-refractivity contribution in [1.29, 1.82) is 0 Å². The molecule has 3 rings (SSSR count). The van der Waals surface area contributed by atoms with Crippen LogP contribution in [0.4, 0.5) is 10.5 Å². The van der Waals surface area contributed by atoms with E-state index in [1.165, 1.54) is 7.11 Å². The van der Waals surface area contributed by atoms with Crippen molar-refractivity contribution in [2.45, 2.75) is 18.6 Å². The molecule has 9 heteroatoms. The molecule has 2 aromatic carbocycles. The standard InChI is InChI=1S/C21H25NO8/c1-26-18(7-8-23)20(14-3-2-4-16(11-14)27-10-9-24)30-21(25)22-15-5-6-17-19(12-15)29-13-28-17/h2-6,11-12,18,20,23-24H,7-10,13H2,1H3,(H,22,25)/t18-,20-/m1/s1. The molecular formula is C21H25NO8. The maximum Gasteiger partial charge on any atom is 0.412 e. The highest BCUT2D eigenvalue weighted by atomic mass is 16.7. The summed E-state index contributed by atoms with van der Waals surface area (Å²) >= 11 is 0. The topological polar surface area (TPSA) is 116 Å². The Morgan fingerprint density at radius 3 is 2.73 bits per heavy atom. The summed E-state index contributed by atoms with van der Waals surface area (Å²) < 4.78 is 27.1. The predicted molar refractivity (Wildman–Crippen MR) is 107 cm³/mol. The Bertz CT molecular complexity index is 844. The van der Waals surface area contributed by atoms with Crippen LogP contribution in [0.15, 0.2) is 42.5 Å². The average molecular weight is 419 g/mol. The average Bonchev–Trinajstić information content (AvgIpc) is 3.22. The van der Waals surface area contributed by atoms with Crippen LogP contribution in [0.25, 0.3) is 0 Å². The fourth-order valence-electron chi connectivity index (χ4n) is 3.06. The van der Waals surface area contributed by atoms with Gasteiger partial charge >= 0.3 is 6.09 Å². The molecule has 1 heterocycles. The minimum Gasteiger partial charge on any atom is -0.491 e. The summed E-state index contributed by atoms with van der Waals surface area (Å²) in [6, 6.07) is 12.0. The van der Waals surface area contributed by atoms with Crippen LogP contribution < -0.4 is 19.5 Å². The number of ether oxygens (including phenoxy) is 5. The number of methoxy groups -OCH3 is 1. The number of carbonyl (C=O) groups is 1. The zero-order valence-corrected chi connectivity index (χ0v) is 16.6. The first-order valence-electron chi connectivity index (χ1n) is 9.49. The first kappa shape index (κ1) is 21.7. The summed E-state index contributed by atoms with van der Waals surface area (Å²) in [6.07, 6.45) is -1.81. The monoisotopic (exact) mass is 419 g/mol. The number of amides is 1. The summed E-state index contributed by atoms with van der Waals surface area (Å²) in [6.45, 7) is 0.0246. The Morgan fingerprint density at radius 2 is 1.97 bits per heavy atom. The number of anilines is 1. The van der Waals surface area contributed by atoms with E-state index in [1.807, 2.05) is 0 Å². The zero-order valence-electron chi connectivity index (χ0n) is 16.6. The molecule has 3 N–H and O–H groups in total. The molecule has 0 unspecified atom stereocenters. The van der Waals surface area contributed by atoms with E-state index >= 15 is 0 Å². The second-order valence-electron chi connectivity index (χ2n) is 6.45. The molecular weight excluding hydrogens is 394 g/mol. The lowest BCUT2D eigenvalue weighted by Crippen LogP contribution is -2.29. The van der Waals surface area contributed by atoms with Crippen LogP contribution in [0.5, 0.6) is 17.2 Å². The van der Waals surface area contributed by atoms with Crippen LogP contribution in [0.3, 0.4) is 0 Å². The quantitative estimate of drug-likeness (QED) is 0.538. The molecule has 0 bridgehead atoms. The van der Waals surface area contributed by atoms with E-state index in [-0.39, 0.29) is 33.0 Å². The van der Waals surface area contributed by atoms with Crippen molar-refractivity contribution >= 4 is 11.8 Å². The lowest BCUT2D eigenvalue weighted by Gasteiger charge is -2.26. The smallest absolute Gasteiger partial charge is 0.412 e. The van der Waals surface area contributed by atoms with E-state index in [0.29, 0.717) is 28.5 Å². The molecule has 0 aliphatic carbocycles. The molecule has 2 aromatic rings. The van der Waals surface area contributed by atoms with Gasteiger partial charge in [0.2, 0.25) is 6.79 Å². The highest BCUT2D eigenvalue weighted by Gasteiger charge is 2.27. The first-order valence-corrected chi connectivity index (χ1v) is 9.49. The van der Waals surface area contributed by atoms with Gasteiger partial charge in [-0.15, -0.1) is 0 Å². The van der Waals surface area contributed by atoms with Crippen LogP contribution in [-0.4, -0.2) is 56.1 Å². The predicted octanol–water partition coefficient (Wildman–Crippen LogP) is 2.47. The van der Waals surface area contributed by atoms with Crippen LogP contribution in [-0.2, 0) is 9.47 Å². The van der Waals surface area contributed by atoms with Crippen molar-refractivity contribution in [2.75, 3.05) is 39.0 Å². The lowest BCUT2D eigenvalue weighted by atomic mass is 10.0. The number of aliphatic hydroxyl groups excluding tert-OH is 2. The minimum atomic E-state index is -0.797. The highest BCUT2D eigenvalue weighted by Crippen LogP contribution is 2.34. The number of aliphatic hydroxyl groups is 2. The Balaban J connectivity index is 1.76. The number of carbonyl (C=O) groups excluding carboxylic acids is 1. The third kappa shape index (κ3) is 5.53. The number of hydrogen-bond acceptors (Lipinski definition) is 8. The van der Waals surface area contributed by atoms with Gasteiger partial charge in [-0.05, 0) is 29.8 Å². The summed E-state index contributed by atoms with van der Waals surface area (Å²) in [5, 5.41) is 21.0. The maximum atomic E-state index is 12.6. The molecule has 0 spiro atoms. The number of hydrogen-bond donors (Lipinski definition) is 3. The Morgan fingerprint density at radius 1 is 1.13 bits per heavy atom. The fourth-order valence-corrected chi connectivity index (χ4v) is 3.06. The summed E-state index contributed by atoms with van der Waals surface area (Å²) in [4.78, 5) is 12.6. The van der Waals surface area contributed by atoms with Gasteiger partial charge in [-0.25, -0.2) is 4.79 Å². The Kier molecular flexibility index (Phi) is 7.72. The molecule has 1 aliphatic heterocycles. The van der Waals surface area contributed by atoms with Crippen LogP contribution in [0, 0.1) is 0 Å². The van der Waals surface area contributed by atoms with Gasteiger partial charge in [-0.1, -0.05) is 12.1 Å². The molecule has 0 fully saturated rings. The normalized spacial score (nSPS) is 14.1. The highest BCUT2D eigenvalue weighted by molar-refractivity contribution is 5.85. The number of nitrogens with one attached hydrogen (secondary N) is 1. The zero-order chi connectivity index (χ0) is 21.3. The van der Waals surface area contributed by atoms with Gasteiger partial charge < -0.3 is 33.9 Å². The molecule has 0 saturated heterocycles. The molecule has 0 radical (unpaired) electrons. The molecule has 1 amide bonds. The molecule has 0 aromatic heterocycles. The minimum absolute atomic E-state index is 0.118. The van der Waals surface area contributed by atoms with Crippen LogP contribution in [0.2, 0.25) is 0 Å². The molecule has 9 nitrogen and oxygen atoms in total. The molecule has 162 valence electrons. The second-order valence-corrected chi connectivity index (χ2v) is 6.45. The Hall–Kier alpha value is -3.01. The third-order valence-corrected chi connectivity index (χ3v) is 4.45. The van der Waals surface area contributed by atoms with Crippen molar-refractivity contribution in [3.63, 3.8) is 0 Å². The van der Waals surface area contributed by atoms with Crippen molar-refractivity contribution in [3.8, 4) is 17.2 Å². The van der Waals surface area contributed by atoms with Gasteiger partial charge in [-0.2, -0.15) is 0 Å². The van der Waals surface area contributed by atoms with Gasteiger partial charge in [0.15, 0.2) is 17.6 Å². The maximum absolute atomic E-state index is 12.6. The van der Waals surface area contributed by atoms with Crippen molar-refractivity contribution in [3.05, 3.63) is 48.0 Å². The van der Waals surface area contributed by atoms with Crippen molar-refractivity contribution in [1.82, 2.24) is 0 Å². The fraction of sp³-hybridized carbons (Fsp3) is 0.381. The van der Waals surface area contributed by atoms with E-state index in [1.54, 1.807) is 42.5 Å². The number of rotatable bonds is 10. The molecule has 0 saturated carbocycles. The molecule has 30 heavy (non-hydrogen) atoms. The molecule has 1 aliphatic rings. The summed E-state index contributed by atoms with van der Waals surface area (Å²) in [5.41, 5.74) is 1.12. The largest absolute Gasteiger partial charge is 0.491 e. The summed E-state index contributed by atoms with van der Waals surface area (Å²) in [5.74, 6) is 1.66. The lowest BCUT2D eigenvalue weighted by molar-refractivity contribution is -0.0306. The van der Waals surface area contributed by atoms with E-state index in [0.717, 1.165) is 0 Å². The third-order valence-electron chi connectivity index (χ3n) is 4.45.